The Balaban J connectivity index is 1.12. The zero-order valence-corrected chi connectivity index (χ0v) is 40.7. The predicted octanol–water partition coefficient (Wildman–Crippen LogP) is 3.12. The van der Waals surface area contributed by atoms with E-state index in [0.717, 1.165) is 61.4 Å². The van der Waals surface area contributed by atoms with Crippen LogP contribution in [-0.4, -0.2) is 116 Å². The summed E-state index contributed by atoms with van der Waals surface area (Å²) in [5.41, 5.74) is 17.2. The predicted molar refractivity (Wildman–Crippen MR) is 278 cm³/mol. The number of phenols is 1. The number of fused-ring (bicyclic) bond motifs is 1. The third-order valence-electron chi connectivity index (χ3n) is 13.3. The number of guanidine groups is 1. The highest BCUT2D eigenvalue weighted by molar-refractivity contribution is 5.98. The van der Waals surface area contributed by atoms with E-state index in [1.165, 1.54) is 0 Å². The van der Waals surface area contributed by atoms with E-state index < -0.39 is 47.7 Å². The third-order valence-corrected chi connectivity index (χ3v) is 13.3. The number of methoxy groups -OCH3 is 1. The Morgan fingerprint density at radius 2 is 1.56 bits per heavy atom. The molecule has 1 aliphatic heterocycles. The first-order chi connectivity index (χ1) is 34.8. The van der Waals surface area contributed by atoms with Crippen molar-refractivity contribution >= 4 is 57.8 Å². The highest BCUT2D eigenvalue weighted by atomic mass is 16.5. The van der Waals surface area contributed by atoms with Crippen LogP contribution < -0.4 is 58.3 Å². The summed E-state index contributed by atoms with van der Waals surface area (Å²) in [5, 5.41) is 38.9. The minimum absolute atomic E-state index is 0.00437. The molecule has 382 valence electrons. The number of piperazine rings is 1. The average Bonchev–Trinajstić information content (AvgIpc) is 3.78. The lowest BCUT2D eigenvalue weighted by Gasteiger charge is -2.29. The molecule has 2 aliphatic rings. The van der Waals surface area contributed by atoms with Gasteiger partial charge in [0, 0.05) is 91.6 Å². The second kappa shape index (κ2) is 25.5. The van der Waals surface area contributed by atoms with Crippen LogP contribution in [0.2, 0.25) is 0 Å². The number of anilines is 2. The maximum atomic E-state index is 14.7. The number of H-pyrrole nitrogens is 1. The van der Waals surface area contributed by atoms with E-state index >= 15 is 0 Å². The van der Waals surface area contributed by atoms with Crippen molar-refractivity contribution in [2.45, 2.75) is 82.0 Å². The Morgan fingerprint density at radius 3 is 2.28 bits per heavy atom. The van der Waals surface area contributed by atoms with Gasteiger partial charge in [0.15, 0.2) is 5.96 Å². The van der Waals surface area contributed by atoms with Crippen molar-refractivity contribution in [3.8, 4) is 22.6 Å². The molecule has 1 saturated heterocycles. The largest absolute Gasteiger partial charge is 0.508 e. The Hall–Kier alpha value is -7.64. The zero-order valence-electron chi connectivity index (χ0n) is 40.7. The molecule has 1 saturated carbocycles. The van der Waals surface area contributed by atoms with E-state index in [4.69, 9.17) is 21.6 Å². The molecule has 1 aromatic heterocycles. The van der Waals surface area contributed by atoms with Crippen molar-refractivity contribution in [3.05, 3.63) is 108 Å². The number of hydrogen-bond donors (Lipinski definition) is 12. The molecule has 1 aliphatic carbocycles. The van der Waals surface area contributed by atoms with Crippen LogP contribution in [0.3, 0.4) is 0 Å². The number of nitrogens with one attached hydrogen (secondary N) is 9. The van der Waals surface area contributed by atoms with Crippen LogP contribution in [-0.2, 0) is 36.8 Å². The monoisotopic (exact) mass is 985 g/mol. The van der Waals surface area contributed by atoms with Crippen molar-refractivity contribution in [1.82, 2.24) is 36.9 Å². The van der Waals surface area contributed by atoms with Gasteiger partial charge in [-0.25, -0.2) is 0 Å². The molecule has 4 aromatic carbocycles. The second-order valence-electron chi connectivity index (χ2n) is 18.5. The normalized spacial score (nSPS) is 16.9. The summed E-state index contributed by atoms with van der Waals surface area (Å²) in [6.07, 6.45) is 5.47. The number of amides is 5. The van der Waals surface area contributed by atoms with Crippen LogP contribution in [0.5, 0.6) is 11.5 Å². The van der Waals surface area contributed by atoms with Crippen LogP contribution >= 0.6 is 0 Å². The third kappa shape index (κ3) is 14.7. The lowest BCUT2D eigenvalue weighted by atomic mass is 9.85. The summed E-state index contributed by atoms with van der Waals surface area (Å²) < 4.78 is 5.59. The van der Waals surface area contributed by atoms with E-state index in [1.807, 2.05) is 72.8 Å². The molecule has 5 atom stereocenters. The summed E-state index contributed by atoms with van der Waals surface area (Å²) in [7, 11) is 1.60. The van der Waals surface area contributed by atoms with E-state index in [0.29, 0.717) is 60.2 Å². The van der Waals surface area contributed by atoms with Crippen LogP contribution in [0.25, 0.3) is 22.0 Å². The Morgan fingerprint density at radius 1 is 0.833 bits per heavy atom. The van der Waals surface area contributed by atoms with Crippen molar-refractivity contribution in [1.29, 1.82) is 5.41 Å². The number of phenolic OH excluding ortho intramolecular Hbond substituents is 1. The first kappa shape index (κ1) is 52.2. The fraction of sp³-hybridized carbons (Fsp3) is 0.396. The molecule has 2 fully saturated rings. The second-order valence-corrected chi connectivity index (χ2v) is 18.5. The highest BCUT2D eigenvalue weighted by Crippen LogP contribution is 2.30. The van der Waals surface area contributed by atoms with Crippen molar-refractivity contribution in [2.24, 2.45) is 17.4 Å². The number of nitrogens with zero attached hydrogens (tertiary/aromatic N) is 1. The number of aromatic nitrogens is 1. The van der Waals surface area contributed by atoms with E-state index in [2.05, 4.69) is 47.1 Å². The van der Waals surface area contributed by atoms with Gasteiger partial charge in [-0.15, -0.1) is 0 Å². The maximum Gasteiger partial charge on any atom is 0.243 e. The highest BCUT2D eigenvalue weighted by Gasteiger charge is 2.33. The topological polar surface area (TPSA) is 294 Å². The molecule has 0 radical (unpaired) electrons. The number of nitrogens with two attached hydrogens (primary N) is 2. The van der Waals surface area contributed by atoms with Gasteiger partial charge in [0.25, 0.3) is 0 Å². The van der Waals surface area contributed by atoms with Crippen LogP contribution in [0.15, 0.2) is 97.2 Å². The molecule has 2 heterocycles. The average molecular weight is 985 g/mol. The Labute approximate surface area is 419 Å². The van der Waals surface area contributed by atoms with Crippen LogP contribution in [0.1, 0.15) is 56.1 Å². The lowest BCUT2D eigenvalue weighted by Crippen LogP contribution is -2.58. The summed E-state index contributed by atoms with van der Waals surface area (Å²) in [6.45, 7) is 3.50. The SMILES string of the molecule is COc1ccccc1-c1ccc(CC(NC(=O)C(Cc2c[nH]c3ccc(O)cc23)NC(=O)C2CCCC(N)C2)C(=O)NC(CCCCNC(=N)N)C(=O)NCC(=O)Nc2ccc(N3CCNCC3)cc2)cc1. The van der Waals surface area contributed by atoms with E-state index in [1.54, 1.807) is 31.5 Å². The number of hydrogen-bond acceptors (Lipinski definition) is 11. The van der Waals surface area contributed by atoms with E-state index in [-0.39, 0.29) is 49.5 Å². The smallest absolute Gasteiger partial charge is 0.243 e. The Kier molecular flexibility index (Phi) is 18.5. The number of ether oxygens (including phenoxy) is 1. The van der Waals surface area contributed by atoms with Gasteiger partial charge < -0.3 is 68.4 Å². The van der Waals surface area contributed by atoms with Crippen LogP contribution in [0, 0.1) is 11.3 Å². The van der Waals surface area contributed by atoms with Gasteiger partial charge in [-0.2, -0.15) is 0 Å². The lowest BCUT2D eigenvalue weighted by molar-refractivity contribution is -0.134. The number of aromatic hydroxyl groups is 1. The summed E-state index contributed by atoms with van der Waals surface area (Å²) in [6, 6.07) is 23.7. The molecule has 19 heteroatoms. The number of carbonyl (C=O) groups excluding carboxylic acids is 5. The van der Waals surface area contributed by atoms with Gasteiger partial charge in [-0.3, -0.25) is 29.4 Å². The summed E-state index contributed by atoms with van der Waals surface area (Å²) in [4.78, 5) is 76.0. The number of aromatic amines is 1. The number of rotatable bonds is 22. The molecule has 5 aromatic rings. The molecule has 19 nitrogen and oxygen atoms in total. The minimum Gasteiger partial charge on any atom is -0.508 e. The fourth-order valence-corrected chi connectivity index (χ4v) is 9.35. The van der Waals surface area contributed by atoms with Crippen molar-refractivity contribution < 1.29 is 33.8 Å². The molecule has 72 heavy (non-hydrogen) atoms. The molecular formula is C53H68N12O7. The van der Waals surface area contributed by atoms with Crippen molar-refractivity contribution in [3.63, 3.8) is 0 Å². The van der Waals surface area contributed by atoms with Gasteiger partial charge in [0.1, 0.15) is 29.6 Å². The minimum atomic E-state index is -1.26. The standard InChI is InChI=1S/C53H68N12O7/c1-72-47-11-3-2-9-41(47)34-14-12-33(13-15-34)27-45(64-52(71)46(63-49(68)35-7-6-8-37(54)28-35)29-36-31-59-43-21-20-40(66)30-42(36)43)51(70)62-44(10-4-5-22-58-53(55)56)50(69)60-32-48(67)61-38-16-18-39(19-17-38)65-25-23-57-24-26-65/h2-3,9,11-21,30-31,35,37,44-46,57,59,66H,4-8,10,22-29,32,54H2,1H3,(H,60,69)(H,61,67)(H,62,70)(H,63,68)(H,64,71)(H4,55,56,58). The number of benzene rings is 4. The quantitative estimate of drug-likeness (QED) is 0.0271. The summed E-state index contributed by atoms with van der Waals surface area (Å²) in [5.74, 6) is -2.62. The number of carbonyl (C=O) groups is 5. The van der Waals surface area contributed by atoms with Gasteiger partial charge >= 0.3 is 0 Å². The van der Waals surface area contributed by atoms with Gasteiger partial charge in [0.2, 0.25) is 29.5 Å². The van der Waals surface area contributed by atoms with Crippen LogP contribution in [0.4, 0.5) is 11.4 Å². The molecular weight excluding hydrogens is 917 g/mol. The maximum absolute atomic E-state index is 14.7. The first-order valence-electron chi connectivity index (χ1n) is 24.7. The molecule has 5 amide bonds. The Bertz CT molecular complexity index is 2650. The first-order valence-corrected chi connectivity index (χ1v) is 24.7. The molecule has 14 N–H and O–H groups in total. The zero-order chi connectivity index (χ0) is 51.0. The molecule has 0 spiro atoms. The van der Waals surface area contributed by atoms with E-state index in [9.17, 15) is 29.1 Å². The van der Waals surface area contributed by atoms with Gasteiger partial charge in [0.05, 0.1) is 13.7 Å². The molecule has 5 unspecified atom stereocenters. The number of para-hydroxylation sites is 1. The van der Waals surface area contributed by atoms with Crippen molar-refractivity contribution in [2.75, 3.05) is 56.6 Å². The van der Waals surface area contributed by atoms with Gasteiger partial charge in [-0.1, -0.05) is 48.9 Å². The molecule has 0 bridgehead atoms. The van der Waals surface area contributed by atoms with Gasteiger partial charge in [-0.05, 0) is 104 Å². The fourth-order valence-electron chi connectivity index (χ4n) is 9.35. The molecule has 7 rings (SSSR count). The summed E-state index contributed by atoms with van der Waals surface area (Å²) >= 11 is 0. The number of unbranched alkanes of at least 4 members (excludes halogenated alkanes) is 1.